The summed E-state index contributed by atoms with van der Waals surface area (Å²) in [4.78, 5) is 290. The normalized spacial score (nSPS) is 27.2. The molecular formula is C91H159N33O18S4. The highest BCUT2D eigenvalue weighted by atomic mass is 33.1. The maximum Gasteiger partial charge on any atom is 0.245 e. The minimum Gasteiger partial charge on any atom is -0.370 e. The Morgan fingerprint density at radius 2 is 0.795 bits per heavy atom. The van der Waals surface area contributed by atoms with Crippen LogP contribution < -0.4 is 142 Å². The van der Waals surface area contributed by atoms with Crippen LogP contribution in [0.25, 0.3) is 0 Å². The van der Waals surface area contributed by atoms with Crippen LogP contribution in [-0.4, -0.2) is 338 Å². The Labute approximate surface area is 868 Å². The van der Waals surface area contributed by atoms with Gasteiger partial charge < -0.3 is 146 Å². The highest BCUT2D eigenvalue weighted by Gasteiger charge is 2.45. The molecule has 51 nitrogen and oxygen atoms in total. The van der Waals surface area contributed by atoms with Crippen LogP contribution in [0.1, 0.15) is 209 Å². The number of guanidine groups is 2. The molecule has 820 valence electrons. The Morgan fingerprint density at radius 1 is 0.425 bits per heavy atom. The highest BCUT2D eigenvalue weighted by molar-refractivity contribution is 8.77. The summed E-state index contributed by atoms with van der Waals surface area (Å²) in [5.74, 6) is -22.1. The predicted octanol–water partition coefficient (Wildman–Crippen LogP) is -6.06. The lowest BCUT2D eigenvalue weighted by Crippen LogP contribution is -2.62. The van der Waals surface area contributed by atoms with E-state index in [9.17, 15) is 24.0 Å². The molecule has 0 aromatic carbocycles. The minimum absolute atomic E-state index is 0.00265. The zero-order valence-corrected chi connectivity index (χ0v) is 88.1. The van der Waals surface area contributed by atoms with Crippen molar-refractivity contribution in [1.82, 2.24) is 101 Å². The highest BCUT2D eigenvalue weighted by Crippen LogP contribution is 2.28. The number of fused-ring (bicyclic) bond motifs is 6. The minimum atomic E-state index is -1.98. The molecule has 5 aliphatic rings. The van der Waals surface area contributed by atoms with Crippen molar-refractivity contribution >= 4 is 187 Å². The third kappa shape index (κ3) is 44.1. The zero-order chi connectivity index (χ0) is 108. The second-order valence-corrected chi connectivity index (χ2v) is 42.5. The third-order valence-corrected chi connectivity index (χ3v) is 30.2. The van der Waals surface area contributed by atoms with Gasteiger partial charge in [-0.05, 0) is 159 Å². The van der Waals surface area contributed by atoms with Crippen molar-refractivity contribution in [3.63, 3.8) is 0 Å². The first kappa shape index (κ1) is 125. The molecule has 0 radical (unpaired) electrons. The second kappa shape index (κ2) is 67.7. The average molecular weight is 2130 g/mol. The number of nitrogens with zero attached hydrogens (tertiary/aromatic N) is 5. The molecule has 5 rings (SSSR count). The van der Waals surface area contributed by atoms with Crippen LogP contribution in [0, 0.1) is 34.5 Å². The number of amides is 18. The van der Waals surface area contributed by atoms with Gasteiger partial charge in [0.2, 0.25) is 106 Å². The summed E-state index contributed by atoms with van der Waals surface area (Å²) in [6.07, 6.45) is 6.67. The molecular weight excluding hydrogens is 1970 g/mol. The monoisotopic (exact) mass is 2130 g/mol. The number of nitrogens with one attached hydrogen (secondary N) is 20. The number of carbonyl (C=O) groups excluding carboxylic acids is 18. The lowest BCUT2D eigenvalue weighted by molar-refractivity contribution is -0.143. The van der Waals surface area contributed by atoms with Crippen molar-refractivity contribution in [3.05, 3.63) is 0 Å². The number of hydrogen-bond donors (Lipinski definition) is 28. The summed E-state index contributed by atoms with van der Waals surface area (Å²) in [6, 6.07) is -28.0. The molecule has 5 aliphatic heterocycles. The summed E-state index contributed by atoms with van der Waals surface area (Å²) in [7, 11) is 3.71. The van der Waals surface area contributed by atoms with E-state index >= 15 is 62.3 Å². The third-order valence-electron chi connectivity index (χ3n) is 25.4. The van der Waals surface area contributed by atoms with Crippen molar-refractivity contribution in [2.45, 2.75) is 324 Å². The molecule has 0 aliphatic carbocycles. The molecule has 0 aromatic rings. The van der Waals surface area contributed by atoms with E-state index in [-0.39, 0.29) is 173 Å². The van der Waals surface area contributed by atoms with Gasteiger partial charge in [0.1, 0.15) is 109 Å². The molecule has 0 saturated carbocycles. The summed E-state index contributed by atoms with van der Waals surface area (Å²) in [6.45, 7) is 14.0. The number of nitrogens with two attached hydrogens (primary N) is 8. The topological polar surface area (TPSA) is 832 Å². The molecule has 0 spiro atoms. The van der Waals surface area contributed by atoms with E-state index in [4.69, 9.17) is 56.7 Å². The molecule has 18 amide bonds. The largest absolute Gasteiger partial charge is 0.370 e. The maximum atomic E-state index is 15.8. The molecule has 5 heterocycles. The van der Waals surface area contributed by atoms with Crippen LogP contribution in [0.5, 0.6) is 0 Å². The Balaban J connectivity index is 1.86. The van der Waals surface area contributed by atoms with Crippen molar-refractivity contribution in [3.8, 4) is 0 Å². The number of aliphatic imine (C=N–C) groups is 4. The van der Waals surface area contributed by atoms with Gasteiger partial charge >= 0.3 is 0 Å². The summed E-state index contributed by atoms with van der Waals surface area (Å²) < 4.78 is 0. The van der Waals surface area contributed by atoms with Crippen molar-refractivity contribution < 1.29 is 86.3 Å². The fourth-order valence-electron chi connectivity index (χ4n) is 16.1. The van der Waals surface area contributed by atoms with E-state index in [0.717, 1.165) is 43.2 Å². The number of unbranched alkanes of at least 4 members (excludes halogenated alkanes) is 4. The number of primary amides is 1. The molecule has 22 atom stereocenters. The van der Waals surface area contributed by atoms with Crippen LogP contribution in [0.4, 0.5) is 0 Å². The molecule has 3 fully saturated rings. The van der Waals surface area contributed by atoms with Crippen LogP contribution in [0.3, 0.4) is 0 Å². The van der Waals surface area contributed by atoms with Gasteiger partial charge in [-0.2, -0.15) is 0 Å². The van der Waals surface area contributed by atoms with Gasteiger partial charge in [0.05, 0.1) is 24.5 Å². The SMILES string of the molecule is CCC(C)C1NC(=O)C(CCCCN)NC(=O)C(CCCNC(=N)N)NC(=O)C2CSSCC(NC(=O)C(CC(N)=O)NC(=O)C(NC(=O)C(N)CCCCN)CSSCCNC1=O)C(=O)NC(CCCCN)C(=O)NC(CCCNC(=N)N)C(=O)NC(CC1C=NC=N1)C(=O)NC(C(C)C)C(=O)NC(C(C)CC)C(=O)NC(CCCCN)C(=O)N1CCCC1C(=O)NC(CC1C=NC=N1)C(=O)NC(C(C)CC)C(=O)N2. The first-order valence-electron chi connectivity index (χ1n) is 50.4. The first-order chi connectivity index (χ1) is 69.6. The lowest BCUT2D eigenvalue weighted by atomic mass is 9.95. The van der Waals surface area contributed by atoms with Gasteiger partial charge in [-0.1, -0.05) is 124 Å². The van der Waals surface area contributed by atoms with Crippen molar-refractivity contribution in [2.24, 2.45) is 89.5 Å². The molecule has 2 bridgehead atoms. The Hall–Kier alpha value is -11.1. The van der Waals surface area contributed by atoms with Gasteiger partial charge in [-0.3, -0.25) is 107 Å². The van der Waals surface area contributed by atoms with Gasteiger partial charge in [-0.15, -0.1) is 0 Å². The smallest absolute Gasteiger partial charge is 0.245 e. The maximum absolute atomic E-state index is 15.8. The van der Waals surface area contributed by atoms with Gasteiger partial charge in [-0.25, -0.2) is 9.98 Å². The molecule has 36 N–H and O–H groups in total. The molecule has 146 heavy (non-hydrogen) atoms. The average Bonchev–Trinajstić information content (AvgIpc) is 1.69. The number of hydrogen-bond acceptors (Lipinski definition) is 33. The van der Waals surface area contributed by atoms with E-state index in [1.54, 1.807) is 55.4 Å². The quantitative estimate of drug-likeness (QED) is 0.0118. The van der Waals surface area contributed by atoms with Gasteiger partial charge in [0.25, 0.3) is 0 Å². The molecule has 0 aromatic heterocycles. The standard InChI is InChI=1S/C91H159N33O18S4/c1-9-50(6)70-85(138)104-36-38-143-144-44-64(117-73(126)55(96)23-12-16-30-92)83(136)115-63(41-68(97)125)78(131)118-65-45-145-146-46-66(82(135)112-58(27-20-34-105-90(98)99)75(128)109-57(77(130)121-70)25-14-18-32-94)119-88(141)71(51(7)10-2)122-80(133)62(40-54-43-103-48-108-54)116-84(137)67-29-22-37-124(67)89(142)60(26-15-19-33-95)113-87(140)72(52(8)11-3)123-86(139)69(49(4)5)120-79(132)61(39-53-42-102-47-107-53)114-76(129)59(28-21-35-106-91(100)101)110-74(127)56(111-81(65)134)24-13-17-31-93/h42-43,47-67,69-72H,9-41,44-46,92-96H2,1-8H3,(H2,97,125)(H,104,138)(H,109,128)(H,110,127)(H,111,134)(H,112,135)(H,113,140)(H,114,129)(H,115,136)(H,116,137)(H,117,126)(H,118,131)(H,119,141)(H,120,132)(H,121,130)(H,122,133)(H,123,139)(H4,98,99,105)(H4,100,101,106). The zero-order valence-electron chi connectivity index (χ0n) is 84.9. The van der Waals surface area contributed by atoms with Crippen LogP contribution in [0.15, 0.2) is 20.0 Å². The fourth-order valence-corrected chi connectivity index (χ4v) is 20.5. The van der Waals surface area contributed by atoms with Crippen molar-refractivity contribution in [2.75, 3.05) is 75.4 Å². The summed E-state index contributed by atoms with van der Waals surface area (Å²) >= 11 is 0. The van der Waals surface area contributed by atoms with E-state index in [0.29, 0.717) is 38.5 Å². The number of rotatable bonds is 39. The van der Waals surface area contributed by atoms with Gasteiger partial charge in [0, 0.05) is 74.5 Å². The van der Waals surface area contributed by atoms with E-state index < -0.39 is 275 Å². The van der Waals surface area contributed by atoms with Crippen molar-refractivity contribution in [1.29, 1.82) is 10.8 Å². The Bertz CT molecular complexity index is 4450. The van der Waals surface area contributed by atoms with Crippen LogP contribution in [-0.2, 0) is 86.3 Å². The van der Waals surface area contributed by atoms with Crippen LogP contribution in [0.2, 0.25) is 0 Å². The van der Waals surface area contributed by atoms with Crippen LogP contribution >= 0.6 is 43.2 Å². The van der Waals surface area contributed by atoms with E-state index in [1.165, 1.54) is 30.0 Å². The predicted molar refractivity (Wildman–Crippen MR) is 562 cm³/mol. The molecule has 22 unspecified atom stereocenters. The van der Waals surface area contributed by atoms with E-state index in [1.807, 2.05) is 0 Å². The van der Waals surface area contributed by atoms with Gasteiger partial charge in [0.15, 0.2) is 11.9 Å². The second-order valence-electron chi connectivity index (χ2n) is 37.3. The first-order valence-corrected chi connectivity index (χ1v) is 55.3. The summed E-state index contributed by atoms with van der Waals surface area (Å²) in [5, 5.41) is 64.9. The Morgan fingerprint density at radius 3 is 1.24 bits per heavy atom. The molecule has 55 heteroatoms. The van der Waals surface area contributed by atoms with E-state index in [2.05, 4.69) is 116 Å². The Kier molecular flexibility index (Phi) is 58.1. The summed E-state index contributed by atoms with van der Waals surface area (Å²) in [5.41, 5.74) is 47.3. The number of carbonyl (C=O) groups is 18. The lowest BCUT2D eigenvalue weighted by Gasteiger charge is -2.33. The fraction of sp³-hybridized carbons (Fsp3) is 0.736. The molecule has 3 saturated heterocycles.